The molecule has 4 N–H and O–H groups in total. The lowest BCUT2D eigenvalue weighted by molar-refractivity contribution is -0.120. The van der Waals surface area contributed by atoms with Crippen molar-refractivity contribution >= 4 is 45.9 Å². The van der Waals surface area contributed by atoms with Crippen molar-refractivity contribution in [2.75, 3.05) is 75.0 Å². The fraction of sp³-hybridized carbons (Fsp3) is 0.426. The number of carbonyl (C=O) groups is 3. The lowest BCUT2D eigenvalue weighted by Crippen LogP contribution is -2.49. The molecule has 15 heteroatoms. The number of aromatic nitrogens is 3. The Hall–Kier alpha value is -6.06. The smallest absolute Gasteiger partial charge is 0.328 e. The molecule has 324 valence electrons. The van der Waals surface area contributed by atoms with E-state index in [1.165, 1.54) is 16.5 Å². The number of aromatic hydroxyl groups is 1. The molecule has 62 heavy (non-hydrogen) atoms. The zero-order valence-electron chi connectivity index (χ0n) is 35.3. The van der Waals surface area contributed by atoms with Crippen LogP contribution in [0, 0.1) is 18.7 Å². The molecule has 4 fully saturated rings. The maximum absolute atomic E-state index is 15.4. The predicted octanol–water partition coefficient (Wildman–Crippen LogP) is 6.48. The quantitative estimate of drug-likeness (QED) is 0.150. The van der Waals surface area contributed by atoms with Crippen LogP contribution in [0.15, 0.2) is 72.9 Å². The topological polar surface area (TPSA) is 162 Å². The number of benzene rings is 3. The first kappa shape index (κ1) is 41.3. The lowest BCUT2D eigenvalue weighted by atomic mass is 9.85. The van der Waals surface area contributed by atoms with Gasteiger partial charge in [0.05, 0.1) is 28.7 Å². The van der Waals surface area contributed by atoms with E-state index in [1.54, 1.807) is 31.4 Å². The number of nitrogens with zero attached hydrogens (tertiary/aromatic N) is 7. The van der Waals surface area contributed by atoms with E-state index >= 15 is 4.39 Å². The van der Waals surface area contributed by atoms with Gasteiger partial charge in [0, 0.05) is 107 Å². The van der Waals surface area contributed by atoms with Crippen molar-refractivity contribution in [3.8, 4) is 17.0 Å². The summed E-state index contributed by atoms with van der Waals surface area (Å²) in [7, 11) is 1.73. The molecule has 6 heterocycles. The Morgan fingerprint density at radius 3 is 2.47 bits per heavy atom. The standard InChI is InChI=1S/C47H54FN9O5/c1-29-21-32(7-8-36(29)33-22-35(62-2)28-55(27-33)42-25-39(51-52-45(42)49)37-5-3-4-6-43(37)58)46(60)54-17-9-30(10-18-54)26-53-15-12-34(13-16-53)56-19-11-31-23-41(38(48)24-40(31)56)57-20-14-44(59)50-47(57)61/h3-8,11,19,21,23-25,30,33-35,58H,9-10,12-18,20,22,26-28H2,1-2H3,(H2,49,52)(H,50,59,61)/t33-,35+/m0/s1. The Morgan fingerprint density at radius 1 is 0.935 bits per heavy atom. The normalized spacial score (nSPS) is 20.9. The summed E-state index contributed by atoms with van der Waals surface area (Å²) in [6.45, 7) is 7.93. The third-order valence-corrected chi connectivity index (χ3v) is 13.5. The second-order valence-electron chi connectivity index (χ2n) is 17.4. The number of rotatable bonds is 9. The van der Waals surface area contributed by atoms with Gasteiger partial charge in [0.15, 0.2) is 5.82 Å². The van der Waals surface area contributed by atoms with Crippen LogP contribution in [-0.4, -0.2) is 113 Å². The van der Waals surface area contributed by atoms with Gasteiger partial charge in [-0.1, -0.05) is 18.2 Å². The average molecular weight is 844 g/mol. The van der Waals surface area contributed by atoms with Crippen LogP contribution >= 0.6 is 0 Å². The first-order valence-corrected chi connectivity index (χ1v) is 21.8. The molecule has 0 radical (unpaired) electrons. The molecule has 0 saturated carbocycles. The van der Waals surface area contributed by atoms with Crippen LogP contribution in [0.3, 0.4) is 0 Å². The molecule has 0 bridgehead atoms. The fourth-order valence-electron chi connectivity index (χ4n) is 10.1. The van der Waals surface area contributed by atoms with E-state index in [9.17, 15) is 19.5 Å². The minimum absolute atomic E-state index is 0.0450. The second-order valence-corrected chi connectivity index (χ2v) is 17.4. The number of para-hydroxylation sites is 1. The molecule has 4 saturated heterocycles. The molecule has 0 unspecified atom stereocenters. The van der Waals surface area contributed by atoms with Crippen LogP contribution in [0.1, 0.15) is 72.0 Å². The van der Waals surface area contributed by atoms with Crippen LogP contribution < -0.4 is 20.9 Å². The molecule has 2 aromatic heterocycles. The van der Waals surface area contributed by atoms with Gasteiger partial charge in [-0.15, -0.1) is 10.2 Å². The maximum Gasteiger partial charge on any atom is 0.328 e. The molecule has 3 aromatic carbocycles. The van der Waals surface area contributed by atoms with Gasteiger partial charge >= 0.3 is 6.03 Å². The summed E-state index contributed by atoms with van der Waals surface area (Å²) >= 11 is 0. The zero-order valence-corrected chi connectivity index (χ0v) is 35.3. The summed E-state index contributed by atoms with van der Waals surface area (Å²) < 4.78 is 23.5. The van der Waals surface area contributed by atoms with Crippen molar-refractivity contribution in [1.29, 1.82) is 0 Å². The third kappa shape index (κ3) is 8.30. The summed E-state index contributed by atoms with van der Waals surface area (Å²) in [6, 6.07) is 19.9. The van der Waals surface area contributed by atoms with Crippen LogP contribution in [0.25, 0.3) is 22.2 Å². The predicted molar refractivity (Wildman–Crippen MR) is 236 cm³/mol. The molecule has 5 aromatic rings. The Bertz CT molecular complexity index is 2500. The van der Waals surface area contributed by atoms with Gasteiger partial charge in [0.1, 0.15) is 11.6 Å². The highest BCUT2D eigenvalue weighted by Gasteiger charge is 2.33. The van der Waals surface area contributed by atoms with Gasteiger partial charge in [-0.3, -0.25) is 19.8 Å². The Labute approximate surface area is 360 Å². The highest BCUT2D eigenvalue weighted by Crippen LogP contribution is 2.38. The number of carbonyl (C=O) groups excluding carboxylic acids is 3. The highest BCUT2D eigenvalue weighted by molar-refractivity contribution is 6.06. The lowest BCUT2D eigenvalue weighted by Gasteiger charge is -2.39. The third-order valence-electron chi connectivity index (χ3n) is 13.5. The van der Waals surface area contributed by atoms with Gasteiger partial charge < -0.3 is 34.8 Å². The van der Waals surface area contributed by atoms with E-state index in [1.807, 2.05) is 41.4 Å². The number of imide groups is 1. The van der Waals surface area contributed by atoms with Crippen LogP contribution in [0.2, 0.25) is 0 Å². The van der Waals surface area contributed by atoms with Gasteiger partial charge in [-0.05, 0) is 98.5 Å². The minimum Gasteiger partial charge on any atom is -0.507 e. The number of nitrogens with one attached hydrogen (secondary N) is 1. The molecule has 9 rings (SSSR count). The summed E-state index contributed by atoms with van der Waals surface area (Å²) in [6.07, 6.45) is 6.78. The number of anilines is 3. The number of nitrogen functional groups attached to an aromatic ring is 1. The number of halogens is 1. The maximum atomic E-state index is 15.4. The molecular weight excluding hydrogens is 790 g/mol. The highest BCUT2D eigenvalue weighted by atomic mass is 19.1. The molecule has 4 aliphatic heterocycles. The monoisotopic (exact) mass is 843 g/mol. The average Bonchev–Trinajstić information content (AvgIpc) is 3.69. The van der Waals surface area contributed by atoms with E-state index in [0.29, 0.717) is 41.6 Å². The van der Waals surface area contributed by atoms with E-state index in [-0.39, 0.29) is 54.3 Å². The number of ether oxygens (including phenoxy) is 1. The van der Waals surface area contributed by atoms with E-state index < -0.39 is 11.8 Å². The van der Waals surface area contributed by atoms with Crippen molar-refractivity contribution in [3.63, 3.8) is 0 Å². The Kier molecular flexibility index (Phi) is 11.6. The number of likely N-dealkylation sites (tertiary alicyclic amines) is 2. The number of amides is 4. The van der Waals surface area contributed by atoms with Crippen LogP contribution in [-0.2, 0) is 9.53 Å². The number of nitrogens with two attached hydrogens (primary N) is 1. The molecular formula is C47H54FN9O5. The molecule has 2 atom stereocenters. The molecule has 4 aliphatic rings. The zero-order chi connectivity index (χ0) is 43.1. The van der Waals surface area contributed by atoms with E-state index in [0.717, 1.165) is 87.0 Å². The van der Waals surface area contributed by atoms with Crippen molar-refractivity contribution < 1.29 is 28.6 Å². The number of aryl methyl sites for hydroxylation is 1. The van der Waals surface area contributed by atoms with Gasteiger partial charge in [0.25, 0.3) is 5.91 Å². The first-order valence-electron chi connectivity index (χ1n) is 21.8. The number of fused-ring (bicyclic) bond motifs is 1. The van der Waals surface area contributed by atoms with E-state index in [2.05, 4.69) is 42.9 Å². The Morgan fingerprint density at radius 2 is 1.73 bits per heavy atom. The summed E-state index contributed by atoms with van der Waals surface area (Å²) in [4.78, 5) is 45.9. The number of methoxy groups -OCH3 is 1. The van der Waals surface area contributed by atoms with Crippen molar-refractivity contribution in [2.45, 2.75) is 63.5 Å². The Balaban J connectivity index is 0.782. The van der Waals surface area contributed by atoms with Gasteiger partial charge in [-0.25, -0.2) is 9.18 Å². The van der Waals surface area contributed by atoms with Crippen LogP contribution in [0.4, 0.5) is 26.4 Å². The summed E-state index contributed by atoms with van der Waals surface area (Å²) in [5.41, 5.74) is 12.2. The largest absolute Gasteiger partial charge is 0.507 e. The number of phenols is 1. The molecule has 4 amide bonds. The van der Waals surface area contributed by atoms with Crippen molar-refractivity contribution in [2.24, 2.45) is 5.92 Å². The number of phenolic OH excluding ortho intramolecular Hbond substituents is 1. The number of urea groups is 1. The number of hydrogen-bond donors (Lipinski definition) is 3. The number of piperidine rings is 3. The summed E-state index contributed by atoms with van der Waals surface area (Å²) in [5, 5.41) is 22.1. The van der Waals surface area contributed by atoms with Gasteiger partial charge in [-0.2, -0.15) is 0 Å². The fourth-order valence-corrected chi connectivity index (χ4v) is 10.1. The minimum atomic E-state index is -0.593. The second kappa shape index (κ2) is 17.4. The van der Waals surface area contributed by atoms with Crippen LogP contribution in [0.5, 0.6) is 5.75 Å². The number of hydrogen-bond acceptors (Lipinski definition) is 10. The molecule has 0 spiro atoms. The molecule has 0 aliphatic carbocycles. The summed E-state index contributed by atoms with van der Waals surface area (Å²) in [5.74, 6) is 0.338. The van der Waals surface area contributed by atoms with Gasteiger partial charge in [0.2, 0.25) is 5.91 Å². The SMILES string of the molecule is CO[C@@H]1C[C@H](c2ccc(C(=O)N3CCC(CN4CCC(n5ccc6cc(N7CCC(=O)NC7=O)c(F)cc65)CC4)CC3)cc2C)CN(c2cc(-c3ccccc3O)nnc2N)C1. The van der Waals surface area contributed by atoms with Crippen molar-refractivity contribution in [3.05, 3.63) is 95.4 Å². The van der Waals surface area contributed by atoms with E-state index in [4.69, 9.17) is 10.5 Å². The van der Waals surface area contributed by atoms with Crippen molar-refractivity contribution in [1.82, 2.24) is 29.9 Å². The first-order chi connectivity index (χ1) is 30.0. The molecule has 14 nitrogen and oxygen atoms in total.